The molecule has 3 N–H and O–H groups in total. The number of benzene rings is 1. The Bertz CT molecular complexity index is 1240. The van der Waals surface area contributed by atoms with Gasteiger partial charge in [0.2, 0.25) is 5.95 Å². The molecule has 2 heterocycles. The van der Waals surface area contributed by atoms with Gasteiger partial charge in [-0.1, -0.05) is 25.7 Å². The molecule has 5 rings (SSSR count). The predicted molar refractivity (Wildman–Crippen MR) is 142 cm³/mol. The zero-order valence-corrected chi connectivity index (χ0v) is 22.1. The summed E-state index contributed by atoms with van der Waals surface area (Å²) in [4.78, 5) is 36.7. The maximum absolute atomic E-state index is 14.8. The van der Waals surface area contributed by atoms with Gasteiger partial charge in [-0.25, -0.2) is 4.98 Å². The summed E-state index contributed by atoms with van der Waals surface area (Å²) in [5.74, 6) is -4.38. The number of hydrogen-bond donors (Lipinski definition) is 3. The van der Waals surface area contributed by atoms with Crippen LogP contribution < -0.4 is 25.2 Å². The lowest BCUT2D eigenvalue weighted by molar-refractivity contribution is -0.140. The normalized spacial score (nSPS) is 23.3. The quantitative estimate of drug-likeness (QED) is 0.505. The molecule has 2 aliphatic carbocycles. The van der Waals surface area contributed by atoms with Gasteiger partial charge < -0.3 is 30.3 Å². The number of ether oxygens (including phenoxy) is 1. The van der Waals surface area contributed by atoms with Gasteiger partial charge in [0.1, 0.15) is 11.4 Å². The van der Waals surface area contributed by atoms with E-state index in [1.165, 1.54) is 20.4 Å². The second-order valence-electron chi connectivity index (χ2n) is 10.5. The summed E-state index contributed by atoms with van der Waals surface area (Å²) in [7, 11) is 2.78. The molecule has 2 fully saturated rings. The van der Waals surface area contributed by atoms with Crippen molar-refractivity contribution in [3.8, 4) is 5.75 Å². The third-order valence-corrected chi connectivity index (χ3v) is 7.89. The van der Waals surface area contributed by atoms with Crippen LogP contribution in [-0.4, -0.2) is 71.7 Å². The summed E-state index contributed by atoms with van der Waals surface area (Å²) in [5.41, 5.74) is 1.06. The number of aliphatic hydroxyl groups is 1. The van der Waals surface area contributed by atoms with Crippen LogP contribution in [0.2, 0.25) is 0 Å². The molecule has 2 atom stereocenters. The van der Waals surface area contributed by atoms with Gasteiger partial charge in [-0.15, -0.1) is 0 Å². The van der Waals surface area contributed by atoms with E-state index in [-0.39, 0.29) is 35.4 Å². The molecule has 0 saturated heterocycles. The Morgan fingerprint density at radius 1 is 1.15 bits per heavy atom. The van der Waals surface area contributed by atoms with Gasteiger partial charge in [0.05, 0.1) is 37.7 Å². The van der Waals surface area contributed by atoms with Crippen LogP contribution in [0.15, 0.2) is 24.4 Å². The van der Waals surface area contributed by atoms with E-state index in [0.717, 1.165) is 49.8 Å². The van der Waals surface area contributed by atoms with Gasteiger partial charge in [-0.3, -0.25) is 9.59 Å². The number of rotatable bonds is 6. The van der Waals surface area contributed by atoms with Crippen molar-refractivity contribution in [1.82, 2.24) is 15.3 Å². The molecule has 0 bridgehead atoms. The van der Waals surface area contributed by atoms with Crippen molar-refractivity contribution in [2.24, 2.45) is 0 Å². The largest absolute Gasteiger partial charge is 0.495 e. The molecule has 2 aromatic rings. The third-order valence-electron chi connectivity index (χ3n) is 7.89. The number of carbonyl (C=O) groups is 2. The molecule has 210 valence electrons. The highest BCUT2D eigenvalue weighted by Gasteiger charge is 2.48. The number of methoxy groups -OCH3 is 1. The highest BCUT2D eigenvalue weighted by atomic mass is 19.3. The summed E-state index contributed by atoms with van der Waals surface area (Å²) in [5, 5.41) is 16.2. The molecule has 10 nitrogen and oxygen atoms in total. The van der Waals surface area contributed by atoms with Crippen LogP contribution in [-0.2, 0) is 4.79 Å². The van der Waals surface area contributed by atoms with Gasteiger partial charge in [-0.05, 0) is 43.9 Å². The van der Waals surface area contributed by atoms with Crippen molar-refractivity contribution in [2.75, 3.05) is 35.8 Å². The highest BCUT2D eigenvalue weighted by Crippen LogP contribution is 2.40. The van der Waals surface area contributed by atoms with Crippen molar-refractivity contribution >= 4 is 35.0 Å². The van der Waals surface area contributed by atoms with E-state index in [2.05, 4.69) is 20.6 Å². The summed E-state index contributed by atoms with van der Waals surface area (Å²) in [6.07, 6.45) is 7.45. The Hall–Kier alpha value is -3.54. The van der Waals surface area contributed by atoms with E-state index in [1.807, 2.05) is 0 Å². The van der Waals surface area contributed by atoms with Gasteiger partial charge in [-0.2, -0.15) is 13.8 Å². The first-order chi connectivity index (χ1) is 18.7. The number of aromatic nitrogens is 2. The summed E-state index contributed by atoms with van der Waals surface area (Å²) in [6.45, 7) is -0.743. The number of alkyl halides is 2. The van der Waals surface area contributed by atoms with Crippen molar-refractivity contribution in [3.05, 3.63) is 30.0 Å². The van der Waals surface area contributed by atoms with Gasteiger partial charge in [0.25, 0.3) is 11.8 Å². The highest BCUT2D eigenvalue weighted by molar-refractivity contribution is 6.02. The molecule has 1 aliphatic heterocycles. The summed E-state index contributed by atoms with van der Waals surface area (Å²) in [6, 6.07) is 4.42. The van der Waals surface area contributed by atoms with Gasteiger partial charge in [0, 0.05) is 18.7 Å². The fraction of sp³-hybridized carbons (Fsp3) is 0.556. The molecule has 0 spiro atoms. The molecule has 2 amide bonds. The number of anilines is 4. The van der Waals surface area contributed by atoms with Crippen LogP contribution in [0.25, 0.3) is 0 Å². The Morgan fingerprint density at radius 2 is 1.87 bits per heavy atom. The zero-order chi connectivity index (χ0) is 27.7. The van der Waals surface area contributed by atoms with E-state index in [9.17, 15) is 23.5 Å². The van der Waals surface area contributed by atoms with E-state index in [4.69, 9.17) is 4.74 Å². The fourth-order valence-corrected chi connectivity index (χ4v) is 5.69. The van der Waals surface area contributed by atoms with Crippen LogP contribution in [0.3, 0.4) is 0 Å². The number of halogens is 2. The minimum atomic E-state index is -3.56. The number of carbonyl (C=O) groups excluding carboxylic acids is 2. The first-order valence-electron chi connectivity index (χ1n) is 13.4. The second-order valence-corrected chi connectivity index (χ2v) is 10.5. The number of amides is 2. The molecule has 39 heavy (non-hydrogen) atoms. The molecule has 12 heteroatoms. The predicted octanol–water partition coefficient (Wildman–Crippen LogP) is 3.62. The van der Waals surface area contributed by atoms with E-state index >= 15 is 0 Å². The first kappa shape index (κ1) is 27.0. The van der Waals surface area contributed by atoms with Crippen LogP contribution in [0.4, 0.5) is 31.9 Å². The minimum absolute atomic E-state index is 0.142. The van der Waals surface area contributed by atoms with Gasteiger partial charge in [0.15, 0.2) is 5.82 Å². The fourth-order valence-electron chi connectivity index (χ4n) is 5.69. The van der Waals surface area contributed by atoms with Crippen LogP contribution >= 0.6 is 0 Å². The summed E-state index contributed by atoms with van der Waals surface area (Å²) >= 11 is 0. The molecule has 0 radical (unpaired) electrons. The van der Waals surface area contributed by atoms with Crippen molar-refractivity contribution in [2.45, 2.75) is 75.5 Å². The average Bonchev–Trinajstić information content (AvgIpc) is 3.45. The summed E-state index contributed by atoms with van der Waals surface area (Å²) < 4.78 is 35.2. The van der Waals surface area contributed by atoms with Crippen molar-refractivity contribution in [3.63, 3.8) is 0 Å². The topological polar surface area (TPSA) is 120 Å². The van der Waals surface area contributed by atoms with Gasteiger partial charge >= 0.3 is 5.92 Å². The minimum Gasteiger partial charge on any atom is -0.495 e. The van der Waals surface area contributed by atoms with Crippen LogP contribution in [0.1, 0.15) is 61.7 Å². The van der Waals surface area contributed by atoms with E-state index < -0.39 is 24.5 Å². The number of aliphatic hydroxyl groups excluding tert-OH is 1. The molecular weight excluding hydrogens is 510 g/mol. The lowest BCUT2D eigenvalue weighted by Crippen LogP contribution is -2.48. The smallest absolute Gasteiger partial charge is 0.342 e. The first-order valence-corrected chi connectivity index (χ1v) is 13.4. The third kappa shape index (κ3) is 5.47. The lowest BCUT2D eigenvalue weighted by atomic mass is 9.92. The lowest BCUT2D eigenvalue weighted by Gasteiger charge is -2.31. The number of nitrogens with one attached hydrogen (secondary N) is 2. The Kier molecular flexibility index (Phi) is 7.57. The SMILES string of the molecule is COc1cc(C(=O)NC2CCCC[C@@H]2O)ccc1Nc1ncc2c(n1)N(C1CCCC1)CC(F)(F)C(=O)N2C. The van der Waals surface area contributed by atoms with Crippen molar-refractivity contribution < 1.29 is 28.2 Å². The van der Waals surface area contributed by atoms with Crippen molar-refractivity contribution in [1.29, 1.82) is 0 Å². The maximum atomic E-state index is 14.8. The monoisotopic (exact) mass is 544 g/mol. The van der Waals surface area contributed by atoms with E-state index in [1.54, 1.807) is 23.1 Å². The molecule has 3 aliphatic rings. The molecule has 1 aromatic carbocycles. The molecule has 1 aromatic heterocycles. The van der Waals surface area contributed by atoms with E-state index in [0.29, 0.717) is 23.4 Å². The zero-order valence-electron chi connectivity index (χ0n) is 22.1. The number of fused-ring (bicyclic) bond motifs is 1. The number of hydrogen-bond acceptors (Lipinski definition) is 8. The Labute approximate surface area is 225 Å². The van der Waals surface area contributed by atoms with Crippen LogP contribution in [0, 0.1) is 0 Å². The number of nitrogens with zero attached hydrogens (tertiary/aromatic N) is 4. The maximum Gasteiger partial charge on any atom is 0.342 e. The second kappa shape index (κ2) is 10.9. The Morgan fingerprint density at radius 3 is 2.59 bits per heavy atom. The average molecular weight is 545 g/mol. The van der Waals surface area contributed by atoms with Crippen LogP contribution in [0.5, 0.6) is 5.75 Å². The molecule has 1 unspecified atom stereocenters. The Balaban J connectivity index is 1.40. The molecule has 2 saturated carbocycles. The molecular formula is C27H34F2N6O4. The standard InChI is InChI=1S/C27H34F2N6O4/c1-34-20-14-30-26(33-23(20)35(17-7-3-4-8-17)15-27(28,29)25(34)38)32-19-12-11-16(13-22(19)39-2)24(37)31-18-9-5-6-10-21(18)36/h11-14,17-18,21,36H,3-10,15H2,1-2H3,(H,31,37)(H,30,32,33)/t18?,21-/m0/s1.